The Hall–Kier alpha value is -3.68. The number of rotatable bonds is 7. The van der Waals surface area contributed by atoms with Crippen LogP contribution in [0.1, 0.15) is 30.6 Å². The van der Waals surface area contributed by atoms with E-state index in [1.165, 1.54) is 4.57 Å². The number of nitrogens with zero attached hydrogens (tertiary/aromatic N) is 2. The number of ether oxygens (including phenoxy) is 1. The summed E-state index contributed by atoms with van der Waals surface area (Å²) < 4.78 is 7.43. The van der Waals surface area contributed by atoms with Crippen LogP contribution in [0.5, 0.6) is 0 Å². The van der Waals surface area contributed by atoms with Gasteiger partial charge < -0.3 is 10.1 Å². The molecule has 0 spiro atoms. The highest BCUT2D eigenvalue weighted by atomic mass is 16.5. The summed E-state index contributed by atoms with van der Waals surface area (Å²) in [5, 5.41) is 3.04. The van der Waals surface area contributed by atoms with Crippen LogP contribution in [0.3, 0.4) is 0 Å². The Morgan fingerprint density at radius 1 is 0.967 bits per heavy atom. The van der Waals surface area contributed by atoms with Crippen molar-refractivity contribution >= 4 is 28.5 Å². The van der Waals surface area contributed by atoms with Gasteiger partial charge in [-0.25, -0.2) is 9.59 Å². The van der Waals surface area contributed by atoms with Crippen LogP contribution in [0, 0.1) is 0 Å². The normalized spacial score (nSPS) is 10.7. The van der Waals surface area contributed by atoms with Gasteiger partial charge >= 0.3 is 11.7 Å². The molecule has 0 aliphatic carbocycles. The molecule has 0 atom stereocenters. The lowest BCUT2D eigenvalue weighted by atomic mass is 10.2. The van der Waals surface area contributed by atoms with E-state index in [9.17, 15) is 19.2 Å². The van der Waals surface area contributed by atoms with Crippen LogP contribution < -0.4 is 16.6 Å². The Bertz CT molecular complexity index is 1210. The summed E-state index contributed by atoms with van der Waals surface area (Å²) >= 11 is 0. The number of esters is 1. The van der Waals surface area contributed by atoms with E-state index in [2.05, 4.69) is 5.32 Å². The van der Waals surface area contributed by atoms with Gasteiger partial charge in [0.15, 0.2) is 0 Å². The molecule has 0 unspecified atom stereocenters. The fraction of sp³-hybridized carbons (Fsp3) is 0.273. The molecule has 1 amide bonds. The zero-order valence-corrected chi connectivity index (χ0v) is 16.9. The molecule has 1 aromatic heterocycles. The fourth-order valence-electron chi connectivity index (χ4n) is 3.26. The molecule has 8 heteroatoms. The summed E-state index contributed by atoms with van der Waals surface area (Å²) in [4.78, 5) is 50.4. The van der Waals surface area contributed by atoms with E-state index in [0.717, 1.165) is 4.57 Å². The van der Waals surface area contributed by atoms with Gasteiger partial charge in [-0.2, -0.15) is 0 Å². The van der Waals surface area contributed by atoms with Gasteiger partial charge in [0.05, 0.1) is 28.8 Å². The van der Waals surface area contributed by atoms with Crippen molar-refractivity contribution in [1.82, 2.24) is 9.13 Å². The Labute approximate surface area is 172 Å². The van der Waals surface area contributed by atoms with Crippen molar-refractivity contribution < 1.29 is 14.3 Å². The molecule has 156 valence electrons. The third-order valence-electron chi connectivity index (χ3n) is 4.58. The summed E-state index contributed by atoms with van der Waals surface area (Å²) in [7, 11) is 0. The van der Waals surface area contributed by atoms with Crippen molar-refractivity contribution in [3.63, 3.8) is 0 Å². The number of benzene rings is 2. The average Bonchev–Trinajstić information content (AvgIpc) is 2.74. The molecule has 0 radical (unpaired) electrons. The van der Waals surface area contributed by atoms with Gasteiger partial charge in [0.2, 0.25) is 5.91 Å². The van der Waals surface area contributed by atoms with Gasteiger partial charge in [0.1, 0.15) is 6.54 Å². The minimum Gasteiger partial charge on any atom is -0.462 e. The summed E-state index contributed by atoms with van der Waals surface area (Å²) in [6.07, 6.45) is 0.604. The number of nitrogens with one attached hydrogen (secondary N) is 1. The minimum absolute atomic E-state index is 0.210. The monoisotopic (exact) mass is 409 g/mol. The van der Waals surface area contributed by atoms with Crippen molar-refractivity contribution in [1.29, 1.82) is 0 Å². The Morgan fingerprint density at radius 3 is 2.40 bits per heavy atom. The highest BCUT2D eigenvalue weighted by Gasteiger charge is 2.17. The first-order valence-electron chi connectivity index (χ1n) is 9.76. The molecule has 0 fully saturated rings. The number of carbonyl (C=O) groups is 2. The van der Waals surface area contributed by atoms with E-state index in [4.69, 9.17) is 4.74 Å². The summed E-state index contributed by atoms with van der Waals surface area (Å²) in [6.45, 7) is 3.73. The Balaban J connectivity index is 1.98. The van der Waals surface area contributed by atoms with E-state index >= 15 is 0 Å². The lowest BCUT2D eigenvalue weighted by Gasteiger charge is -2.14. The zero-order chi connectivity index (χ0) is 21.7. The number of carbonyl (C=O) groups excluding carboxylic acids is 2. The van der Waals surface area contributed by atoms with Gasteiger partial charge in [0.25, 0.3) is 5.56 Å². The van der Waals surface area contributed by atoms with Gasteiger partial charge in [-0.1, -0.05) is 31.2 Å². The van der Waals surface area contributed by atoms with E-state index in [-0.39, 0.29) is 30.8 Å². The van der Waals surface area contributed by atoms with Crippen LogP contribution >= 0.6 is 0 Å². The second-order valence-corrected chi connectivity index (χ2v) is 6.66. The Morgan fingerprint density at radius 2 is 1.67 bits per heavy atom. The molecule has 8 nitrogen and oxygen atoms in total. The van der Waals surface area contributed by atoms with Gasteiger partial charge in [0, 0.05) is 6.54 Å². The molecule has 2 aromatic carbocycles. The number of aromatic nitrogens is 2. The molecular weight excluding hydrogens is 386 g/mol. The van der Waals surface area contributed by atoms with Gasteiger partial charge in [-0.05, 0) is 37.6 Å². The quantitative estimate of drug-likeness (QED) is 0.604. The standard InChI is InChI=1S/C22H23N3O5/c1-3-13-24-20(27)16-10-6-8-12-18(16)25(22(24)29)14-19(26)23-17-11-7-5-9-15(17)21(28)30-4-2/h5-12H,3-4,13-14H2,1-2H3,(H,23,26). The van der Waals surface area contributed by atoms with Crippen molar-refractivity contribution in [2.45, 2.75) is 33.4 Å². The second-order valence-electron chi connectivity index (χ2n) is 6.66. The van der Waals surface area contributed by atoms with Crippen LogP contribution in [0.15, 0.2) is 58.1 Å². The van der Waals surface area contributed by atoms with Crippen molar-refractivity contribution in [3.8, 4) is 0 Å². The topological polar surface area (TPSA) is 99.4 Å². The van der Waals surface area contributed by atoms with Crippen LogP contribution in [-0.2, 0) is 22.6 Å². The largest absolute Gasteiger partial charge is 0.462 e. The molecule has 0 aliphatic rings. The van der Waals surface area contributed by atoms with Crippen molar-refractivity contribution in [2.75, 3.05) is 11.9 Å². The number of anilines is 1. The van der Waals surface area contributed by atoms with E-state index in [0.29, 0.717) is 23.0 Å². The minimum atomic E-state index is -0.549. The maximum Gasteiger partial charge on any atom is 0.340 e. The van der Waals surface area contributed by atoms with E-state index < -0.39 is 17.6 Å². The molecule has 0 saturated carbocycles. The third-order valence-corrected chi connectivity index (χ3v) is 4.58. The maximum absolute atomic E-state index is 12.9. The first kappa shape index (κ1) is 21.0. The predicted molar refractivity (Wildman–Crippen MR) is 114 cm³/mol. The highest BCUT2D eigenvalue weighted by Crippen LogP contribution is 2.16. The highest BCUT2D eigenvalue weighted by molar-refractivity contribution is 6.01. The predicted octanol–water partition coefficient (Wildman–Crippen LogP) is 2.39. The molecule has 3 aromatic rings. The molecule has 30 heavy (non-hydrogen) atoms. The molecule has 0 aliphatic heterocycles. The van der Waals surface area contributed by atoms with Crippen LogP contribution in [0.4, 0.5) is 5.69 Å². The van der Waals surface area contributed by atoms with Gasteiger partial charge in [-0.15, -0.1) is 0 Å². The molecule has 3 rings (SSSR count). The van der Waals surface area contributed by atoms with Crippen LogP contribution in [0.2, 0.25) is 0 Å². The summed E-state index contributed by atoms with van der Waals surface area (Å²) in [5.74, 6) is -1.05. The number of para-hydroxylation sites is 2. The summed E-state index contributed by atoms with van der Waals surface area (Å²) in [5.41, 5.74) is -0.0223. The SMILES string of the molecule is CCCn1c(=O)c2ccccc2n(CC(=O)Nc2ccccc2C(=O)OCC)c1=O. The third kappa shape index (κ3) is 4.17. The van der Waals surface area contributed by atoms with Crippen molar-refractivity contribution in [3.05, 3.63) is 74.9 Å². The molecule has 0 saturated heterocycles. The van der Waals surface area contributed by atoms with E-state index in [1.54, 1.807) is 55.5 Å². The molecule has 0 bridgehead atoms. The van der Waals surface area contributed by atoms with Crippen molar-refractivity contribution in [2.24, 2.45) is 0 Å². The first-order valence-corrected chi connectivity index (χ1v) is 9.76. The first-order chi connectivity index (χ1) is 14.5. The second kappa shape index (κ2) is 9.21. The number of fused-ring (bicyclic) bond motifs is 1. The summed E-state index contributed by atoms with van der Waals surface area (Å²) in [6, 6.07) is 13.2. The smallest absolute Gasteiger partial charge is 0.340 e. The van der Waals surface area contributed by atoms with E-state index in [1.807, 2.05) is 6.92 Å². The lowest BCUT2D eigenvalue weighted by Crippen LogP contribution is -2.41. The zero-order valence-electron chi connectivity index (χ0n) is 16.9. The van der Waals surface area contributed by atoms with Crippen LogP contribution in [0.25, 0.3) is 10.9 Å². The Kier molecular flexibility index (Phi) is 6.46. The lowest BCUT2D eigenvalue weighted by molar-refractivity contribution is -0.116. The van der Waals surface area contributed by atoms with Crippen LogP contribution in [-0.4, -0.2) is 27.6 Å². The number of hydrogen-bond acceptors (Lipinski definition) is 5. The number of amides is 1. The molecule has 1 heterocycles. The molecular formula is C22H23N3O5. The maximum atomic E-state index is 12.9. The fourth-order valence-corrected chi connectivity index (χ4v) is 3.26. The average molecular weight is 409 g/mol. The molecule has 1 N–H and O–H groups in total. The van der Waals surface area contributed by atoms with Gasteiger partial charge in [-0.3, -0.25) is 18.7 Å². The number of hydrogen-bond donors (Lipinski definition) is 1.